The minimum absolute atomic E-state index is 0.264. The molecule has 0 saturated heterocycles. The highest BCUT2D eigenvalue weighted by Crippen LogP contribution is 2.28. The number of aryl methyl sites for hydroxylation is 2. The second kappa shape index (κ2) is 6.78. The first-order valence-electron chi connectivity index (χ1n) is 6.81. The normalized spacial score (nSPS) is 10.2. The lowest BCUT2D eigenvalue weighted by molar-refractivity contribution is -0.135. The van der Waals surface area contributed by atoms with E-state index < -0.39 is 24.2 Å². The quantitative estimate of drug-likeness (QED) is 0.778. The number of nitrogens with one attached hydrogen (secondary N) is 1. The number of rotatable bonds is 5. The standard InChI is InChI=1S/C16H16N2O5/c1-9-3-4-10(2)13(5-9)23-11-6-12(19)15(17-7-11)16(22)18-8-14(20)21/h3-7,19H,8H2,1-2H3,(H,18,22)(H,20,21). The SMILES string of the molecule is Cc1ccc(C)c(Oc2cnc(C(=O)NCC(=O)O)c(O)c2)c1. The average Bonchev–Trinajstić information content (AvgIpc) is 2.48. The summed E-state index contributed by atoms with van der Waals surface area (Å²) in [7, 11) is 0. The first-order valence-corrected chi connectivity index (χ1v) is 6.81. The van der Waals surface area contributed by atoms with Crippen LogP contribution in [-0.4, -0.2) is 33.6 Å². The van der Waals surface area contributed by atoms with Gasteiger partial charge in [0, 0.05) is 6.07 Å². The number of aromatic hydroxyl groups is 1. The Bertz CT molecular complexity index is 758. The Morgan fingerprint density at radius 3 is 2.65 bits per heavy atom. The van der Waals surface area contributed by atoms with Crippen LogP contribution in [-0.2, 0) is 4.79 Å². The molecule has 0 fully saturated rings. The van der Waals surface area contributed by atoms with Gasteiger partial charge in [0.2, 0.25) is 0 Å². The van der Waals surface area contributed by atoms with Crippen LogP contribution < -0.4 is 10.1 Å². The Morgan fingerprint density at radius 1 is 1.26 bits per heavy atom. The number of hydrogen-bond acceptors (Lipinski definition) is 5. The molecule has 0 saturated carbocycles. The lowest BCUT2D eigenvalue weighted by Gasteiger charge is -2.10. The average molecular weight is 316 g/mol. The molecule has 2 rings (SSSR count). The van der Waals surface area contributed by atoms with Gasteiger partial charge < -0.3 is 20.3 Å². The van der Waals surface area contributed by atoms with Crippen LogP contribution in [0, 0.1) is 13.8 Å². The van der Waals surface area contributed by atoms with Gasteiger partial charge in [0.25, 0.3) is 5.91 Å². The third kappa shape index (κ3) is 4.19. The molecule has 0 unspecified atom stereocenters. The van der Waals surface area contributed by atoms with Crippen molar-refractivity contribution in [2.24, 2.45) is 0 Å². The lowest BCUT2D eigenvalue weighted by atomic mass is 10.1. The first-order chi connectivity index (χ1) is 10.9. The molecule has 7 nitrogen and oxygen atoms in total. The van der Waals surface area contributed by atoms with E-state index >= 15 is 0 Å². The van der Waals surface area contributed by atoms with Gasteiger partial charge in [-0.3, -0.25) is 9.59 Å². The Labute approximate surface area is 132 Å². The van der Waals surface area contributed by atoms with Gasteiger partial charge in [-0.15, -0.1) is 0 Å². The van der Waals surface area contributed by atoms with Gasteiger partial charge in [-0.2, -0.15) is 0 Å². The molecule has 120 valence electrons. The number of carboxylic acids is 1. The summed E-state index contributed by atoms with van der Waals surface area (Å²) in [5.74, 6) is -1.47. The Balaban J connectivity index is 2.17. The Kier molecular flexibility index (Phi) is 4.80. The van der Waals surface area contributed by atoms with Crippen molar-refractivity contribution in [1.29, 1.82) is 0 Å². The van der Waals surface area contributed by atoms with Gasteiger partial charge in [0.15, 0.2) is 11.4 Å². The van der Waals surface area contributed by atoms with Crippen molar-refractivity contribution >= 4 is 11.9 Å². The molecule has 2 aromatic rings. The summed E-state index contributed by atoms with van der Waals surface area (Å²) < 4.78 is 5.66. The van der Waals surface area contributed by atoms with Crippen LogP contribution in [0.15, 0.2) is 30.5 Å². The van der Waals surface area contributed by atoms with E-state index in [4.69, 9.17) is 9.84 Å². The summed E-state index contributed by atoms with van der Waals surface area (Å²) >= 11 is 0. The molecular weight excluding hydrogens is 300 g/mol. The lowest BCUT2D eigenvalue weighted by Crippen LogP contribution is -2.29. The molecule has 1 aromatic heterocycles. The minimum Gasteiger partial charge on any atom is -0.505 e. The number of ether oxygens (including phenoxy) is 1. The molecule has 0 atom stereocenters. The maximum Gasteiger partial charge on any atom is 0.322 e. The van der Waals surface area contributed by atoms with Crippen LogP contribution in [0.2, 0.25) is 0 Å². The fraction of sp³-hybridized carbons (Fsp3) is 0.188. The van der Waals surface area contributed by atoms with Crippen LogP contribution in [0.3, 0.4) is 0 Å². The predicted molar refractivity (Wildman–Crippen MR) is 81.9 cm³/mol. The smallest absolute Gasteiger partial charge is 0.322 e. The van der Waals surface area contributed by atoms with Crippen molar-refractivity contribution in [3.05, 3.63) is 47.3 Å². The van der Waals surface area contributed by atoms with Crippen LogP contribution in [0.1, 0.15) is 21.6 Å². The zero-order valence-corrected chi connectivity index (χ0v) is 12.7. The van der Waals surface area contributed by atoms with Gasteiger partial charge in [0.05, 0.1) is 6.20 Å². The summed E-state index contributed by atoms with van der Waals surface area (Å²) in [6.07, 6.45) is 1.29. The monoisotopic (exact) mass is 316 g/mol. The van der Waals surface area contributed by atoms with E-state index in [0.717, 1.165) is 11.1 Å². The largest absolute Gasteiger partial charge is 0.505 e. The highest BCUT2D eigenvalue weighted by atomic mass is 16.5. The van der Waals surface area contributed by atoms with Gasteiger partial charge in [-0.25, -0.2) is 4.98 Å². The third-order valence-corrected chi connectivity index (χ3v) is 3.03. The molecular formula is C16H16N2O5. The number of carboxylic acid groups (broad SMARTS) is 1. The number of pyridine rings is 1. The number of aromatic nitrogens is 1. The zero-order chi connectivity index (χ0) is 17.0. The first kappa shape index (κ1) is 16.3. The number of carbonyl (C=O) groups excluding carboxylic acids is 1. The van der Waals surface area contributed by atoms with Crippen LogP contribution in [0.5, 0.6) is 17.2 Å². The molecule has 0 aliphatic rings. The molecule has 1 amide bonds. The molecule has 1 heterocycles. The van der Waals surface area contributed by atoms with Crippen molar-refractivity contribution in [2.75, 3.05) is 6.54 Å². The van der Waals surface area contributed by atoms with E-state index in [0.29, 0.717) is 5.75 Å². The van der Waals surface area contributed by atoms with Crippen LogP contribution in [0.25, 0.3) is 0 Å². The Hall–Kier alpha value is -3.09. The van der Waals surface area contributed by atoms with Crippen molar-refractivity contribution in [2.45, 2.75) is 13.8 Å². The molecule has 0 aliphatic heterocycles. The summed E-state index contributed by atoms with van der Waals surface area (Å²) in [6, 6.07) is 6.96. The Morgan fingerprint density at radius 2 is 2.00 bits per heavy atom. The fourth-order valence-corrected chi connectivity index (χ4v) is 1.85. The number of benzene rings is 1. The van der Waals surface area contributed by atoms with Gasteiger partial charge in [-0.1, -0.05) is 12.1 Å². The minimum atomic E-state index is -1.19. The number of nitrogens with zero attached hydrogens (tertiary/aromatic N) is 1. The third-order valence-electron chi connectivity index (χ3n) is 3.03. The second-order valence-electron chi connectivity index (χ2n) is 4.99. The molecule has 7 heteroatoms. The van der Waals surface area contributed by atoms with E-state index in [-0.39, 0.29) is 11.4 Å². The van der Waals surface area contributed by atoms with Crippen LogP contribution >= 0.6 is 0 Å². The van der Waals surface area contributed by atoms with Gasteiger partial charge in [0.1, 0.15) is 18.0 Å². The molecule has 3 N–H and O–H groups in total. The van der Waals surface area contributed by atoms with Crippen molar-refractivity contribution in [3.63, 3.8) is 0 Å². The highest BCUT2D eigenvalue weighted by molar-refractivity contribution is 5.96. The van der Waals surface area contributed by atoms with Gasteiger partial charge in [-0.05, 0) is 31.0 Å². The molecule has 0 bridgehead atoms. The van der Waals surface area contributed by atoms with Gasteiger partial charge >= 0.3 is 5.97 Å². The molecule has 23 heavy (non-hydrogen) atoms. The van der Waals surface area contributed by atoms with E-state index in [9.17, 15) is 14.7 Å². The van der Waals surface area contributed by atoms with Crippen molar-refractivity contribution in [1.82, 2.24) is 10.3 Å². The summed E-state index contributed by atoms with van der Waals surface area (Å²) in [4.78, 5) is 25.9. The fourth-order valence-electron chi connectivity index (χ4n) is 1.85. The van der Waals surface area contributed by atoms with E-state index in [1.54, 1.807) is 0 Å². The van der Waals surface area contributed by atoms with E-state index in [1.807, 2.05) is 32.0 Å². The molecule has 0 spiro atoms. The maximum atomic E-state index is 11.7. The number of amides is 1. The number of carbonyl (C=O) groups is 2. The van der Waals surface area contributed by atoms with E-state index in [1.165, 1.54) is 12.3 Å². The zero-order valence-electron chi connectivity index (χ0n) is 12.7. The number of hydrogen-bond donors (Lipinski definition) is 3. The topological polar surface area (TPSA) is 109 Å². The second-order valence-corrected chi connectivity index (χ2v) is 4.99. The summed E-state index contributed by atoms with van der Waals surface area (Å²) in [6.45, 7) is 3.26. The van der Waals surface area contributed by atoms with Crippen LogP contribution in [0.4, 0.5) is 0 Å². The summed E-state index contributed by atoms with van der Waals surface area (Å²) in [5.41, 5.74) is 1.67. The molecule has 0 radical (unpaired) electrons. The molecule has 0 aliphatic carbocycles. The summed E-state index contributed by atoms with van der Waals surface area (Å²) in [5, 5.41) is 20.5. The predicted octanol–water partition coefficient (Wildman–Crippen LogP) is 2.01. The molecule has 1 aromatic carbocycles. The van der Waals surface area contributed by atoms with E-state index in [2.05, 4.69) is 10.3 Å². The highest BCUT2D eigenvalue weighted by Gasteiger charge is 2.15. The maximum absolute atomic E-state index is 11.7. The number of aliphatic carboxylic acids is 1. The van der Waals surface area contributed by atoms with Crippen molar-refractivity contribution < 1.29 is 24.5 Å². The van der Waals surface area contributed by atoms with Crippen molar-refractivity contribution in [3.8, 4) is 17.2 Å².